The predicted molar refractivity (Wildman–Crippen MR) is 101 cm³/mol. The van der Waals surface area contributed by atoms with E-state index in [4.69, 9.17) is 0 Å². The van der Waals surface area contributed by atoms with Crippen molar-refractivity contribution in [2.24, 2.45) is 0 Å². The summed E-state index contributed by atoms with van der Waals surface area (Å²) in [5.74, 6) is 2.15. The molecule has 0 aromatic carbocycles. The highest BCUT2D eigenvalue weighted by atomic mass is 16.2. The van der Waals surface area contributed by atoms with Crippen LogP contribution in [-0.4, -0.2) is 65.8 Å². The molecule has 28 heavy (non-hydrogen) atoms. The van der Waals surface area contributed by atoms with Crippen molar-refractivity contribution in [1.29, 1.82) is 0 Å². The van der Waals surface area contributed by atoms with Crippen LogP contribution in [0.5, 0.6) is 0 Å². The van der Waals surface area contributed by atoms with E-state index in [9.17, 15) is 9.59 Å². The minimum absolute atomic E-state index is 0.0439. The highest BCUT2D eigenvalue weighted by Gasteiger charge is 2.31. The topological polar surface area (TPSA) is 89.2 Å². The molecule has 1 fully saturated rings. The summed E-state index contributed by atoms with van der Waals surface area (Å²) in [6.07, 6.45) is 2.00. The Balaban J connectivity index is 1.45. The Labute approximate surface area is 164 Å². The van der Waals surface area contributed by atoms with Gasteiger partial charge < -0.3 is 14.4 Å². The van der Waals surface area contributed by atoms with Crippen LogP contribution in [0.1, 0.15) is 48.7 Å². The number of aryl methyl sites for hydroxylation is 2. The van der Waals surface area contributed by atoms with Gasteiger partial charge in [0.1, 0.15) is 12.4 Å². The number of piperidine rings is 1. The first-order valence-electron chi connectivity index (χ1n) is 9.88. The number of amides is 2. The van der Waals surface area contributed by atoms with Crippen LogP contribution in [0.4, 0.5) is 0 Å². The number of nitrogens with zero attached hydrogens (tertiary/aromatic N) is 7. The third kappa shape index (κ3) is 3.53. The highest BCUT2D eigenvalue weighted by Crippen LogP contribution is 2.27. The summed E-state index contributed by atoms with van der Waals surface area (Å²) in [4.78, 5) is 28.2. The van der Waals surface area contributed by atoms with Gasteiger partial charge in [0.25, 0.3) is 0 Å². The number of aromatic nitrogens is 5. The first-order valence-corrected chi connectivity index (χ1v) is 9.88. The molecule has 4 rings (SSSR count). The Morgan fingerprint density at radius 3 is 2.68 bits per heavy atom. The zero-order chi connectivity index (χ0) is 19.8. The molecular weight excluding hydrogens is 358 g/mol. The number of hydrogen-bond donors (Lipinski definition) is 0. The highest BCUT2D eigenvalue weighted by molar-refractivity contribution is 5.76. The number of likely N-dealkylation sites (tertiary alicyclic amines) is 1. The molecule has 2 aliphatic heterocycles. The van der Waals surface area contributed by atoms with Crippen molar-refractivity contribution < 1.29 is 9.59 Å². The molecule has 2 aliphatic rings. The van der Waals surface area contributed by atoms with Crippen LogP contribution >= 0.6 is 0 Å². The quantitative estimate of drug-likeness (QED) is 0.782. The van der Waals surface area contributed by atoms with Crippen LogP contribution in [0.2, 0.25) is 0 Å². The largest absolute Gasteiger partial charge is 0.342 e. The second-order valence-electron chi connectivity index (χ2n) is 7.83. The van der Waals surface area contributed by atoms with E-state index in [0.29, 0.717) is 26.2 Å². The molecule has 1 atom stereocenters. The molecular formula is C19H27N7O2. The molecule has 0 N–H and O–H groups in total. The monoisotopic (exact) mass is 385 g/mol. The normalized spacial score (nSPS) is 19.6. The van der Waals surface area contributed by atoms with E-state index in [1.165, 1.54) is 0 Å². The van der Waals surface area contributed by atoms with Crippen LogP contribution in [0, 0.1) is 13.8 Å². The number of fused-ring (bicyclic) bond motifs is 1. The molecule has 9 nitrogen and oxygen atoms in total. The fraction of sp³-hybridized carbons (Fsp3) is 0.632. The van der Waals surface area contributed by atoms with Gasteiger partial charge in [-0.3, -0.25) is 14.3 Å². The van der Waals surface area contributed by atoms with Gasteiger partial charge >= 0.3 is 0 Å². The van der Waals surface area contributed by atoms with Gasteiger partial charge in [0.2, 0.25) is 11.8 Å². The summed E-state index contributed by atoms with van der Waals surface area (Å²) >= 11 is 0. The molecule has 4 heterocycles. The molecule has 1 unspecified atom stereocenters. The van der Waals surface area contributed by atoms with E-state index in [-0.39, 0.29) is 24.3 Å². The lowest BCUT2D eigenvalue weighted by Gasteiger charge is -2.33. The van der Waals surface area contributed by atoms with Crippen LogP contribution in [-0.2, 0) is 29.2 Å². The summed E-state index contributed by atoms with van der Waals surface area (Å²) in [6.45, 7) is 9.07. The standard InChI is InChI=1S/C19H27N7O2/c1-13-9-14(2)26(22-13)12-18(28)24-7-8-25-17(11-24)20-21-19(25)16-5-4-6-23(10-16)15(3)27/h9,16H,4-8,10-12H2,1-3H3. The molecule has 0 spiro atoms. The second-order valence-corrected chi connectivity index (χ2v) is 7.83. The van der Waals surface area contributed by atoms with Crippen molar-refractivity contribution in [3.8, 4) is 0 Å². The smallest absolute Gasteiger partial charge is 0.244 e. The van der Waals surface area contributed by atoms with Gasteiger partial charge in [-0.05, 0) is 32.8 Å². The maximum absolute atomic E-state index is 12.7. The minimum Gasteiger partial charge on any atom is -0.342 e. The Morgan fingerprint density at radius 2 is 1.96 bits per heavy atom. The number of rotatable bonds is 3. The molecule has 150 valence electrons. The van der Waals surface area contributed by atoms with Gasteiger partial charge in [-0.2, -0.15) is 5.10 Å². The van der Waals surface area contributed by atoms with Crippen LogP contribution < -0.4 is 0 Å². The van der Waals surface area contributed by atoms with Gasteiger partial charge in [-0.15, -0.1) is 10.2 Å². The van der Waals surface area contributed by atoms with Gasteiger partial charge in [-0.25, -0.2) is 0 Å². The lowest BCUT2D eigenvalue weighted by atomic mass is 9.97. The lowest BCUT2D eigenvalue weighted by Crippen LogP contribution is -2.42. The fourth-order valence-electron chi connectivity index (χ4n) is 4.23. The molecule has 9 heteroatoms. The van der Waals surface area contributed by atoms with Gasteiger partial charge in [0.05, 0.1) is 12.2 Å². The van der Waals surface area contributed by atoms with Crippen molar-refractivity contribution in [2.45, 2.75) is 59.2 Å². The predicted octanol–water partition coefficient (Wildman–Crippen LogP) is 0.860. The fourth-order valence-corrected chi connectivity index (χ4v) is 4.23. The number of hydrogen-bond acceptors (Lipinski definition) is 5. The first kappa shape index (κ1) is 18.6. The van der Waals surface area contributed by atoms with Crippen LogP contribution in [0.15, 0.2) is 6.07 Å². The minimum atomic E-state index is 0.0439. The zero-order valence-electron chi connectivity index (χ0n) is 16.8. The van der Waals surface area contributed by atoms with Crippen molar-refractivity contribution in [2.75, 3.05) is 19.6 Å². The second kappa shape index (κ2) is 7.37. The zero-order valence-corrected chi connectivity index (χ0v) is 16.8. The average molecular weight is 385 g/mol. The van der Waals surface area contributed by atoms with Crippen molar-refractivity contribution in [3.05, 3.63) is 29.1 Å². The van der Waals surface area contributed by atoms with Gasteiger partial charge in [0.15, 0.2) is 5.82 Å². The van der Waals surface area contributed by atoms with E-state index in [1.54, 1.807) is 11.6 Å². The number of carbonyl (C=O) groups is 2. The van der Waals surface area contributed by atoms with Crippen LogP contribution in [0.25, 0.3) is 0 Å². The van der Waals surface area contributed by atoms with E-state index < -0.39 is 0 Å². The molecule has 2 amide bonds. The van der Waals surface area contributed by atoms with E-state index in [2.05, 4.69) is 19.9 Å². The lowest BCUT2D eigenvalue weighted by molar-refractivity contribution is -0.133. The SMILES string of the molecule is CC(=O)N1CCCC(c2nnc3n2CCN(C(=O)Cn2nc(C)cc2C)C3)C1. The van der Waals surface area contributed by atoms with Crippen molar-refractivity contribution in [1.82, 2.24) is 34.3 Å². The third-order valence-corrected chi connectivity index (χ3v) is 5.75. The summed E-state index contributed by atoms with van der Waals surface area (Å²) in [5, 5.41) is 13.2. The molecule has 1 saturated heterocycles. The van der Waals surface area contributed by atoms with Crippen molar-refractivity contribution in [3.63, 3.8) is 0 Å². The van der Waals surface area contributed by atoms with Crippen molar-refractivity contribution >= 4 is 11.8 Å². The maximum Gasteiger partial charge on any atom is 0.244 e. The maximum atomic E-state index is 12.7. The Kier molecular flexibility index (Phi) is 4.91. The Hall–Kier alpha value is -2.71. The van der Waals surface area contributed by atoms with Gasteiger partial charge in [0, 0.05) is 44.7 Å². The molecule has 0 saturated carbocycles. The van der Waals surface area contributed by atoms with E-state index in [0.717, 1.165) is 42.4 Å². The summed E-state index contributed by atoms with van der Waals surface area (Å²) in [6, 6.07) is 1.97. The molecule has 0 bridgehead atoms. The molecule has 2 aromatic rings. The molecule has 0 radical (unpaired) electrons. The summed E-state index contributed by atoms with van der Waals surface area (Å²) in [5.41, 5.74) is 1.90. The van der Waals surface area contributed by atoms with E-state index >= 15 is 0 Å². The molecule has 0 aliphatic carbocycles. The Bertz CT molecular complexity index is 900. The van der Waals surface area contributed by atoms with Gasteiger partial charge in [-0.1, -0.05) is 0 Å². The summed E-state index contributed by atoms with van der Waals surface area (Å²) < 4.78 is 3.89. The number of carbonyl (C=O) groups excluding carboxylic acids is 2. The summed E-state index contributed by atoms with van der Waals surface area (Å²) in [7, 11) is 0. The third-order valence-electron chi connectivity index (χ3n) is 5.75. The van der Waals surface area contributed by atoms with E-state index in [1.807, 2.05) is 29.7 Å². The molecule has 2 aromatic heterocycles. The van der Waals surface area contributed by atoms with Crippen LogP contribution in [0.3, 0.4) is 0 Å². The Morgan fingerprint density at radius 1 is 1.14 bits per heavy atom. The average Bonchev–Trinajstić information content (AvgIpc) is 3.23. The first-order chi connectivity index (χ1) is 13.4.